The average Bonchev–Trinajstić information content (AvgIpc) is 1.88. The maximum atomic E-state index is 3.78. The van der Waals surface area contributed by atoms with Crippen molar-refractivity contribution in [3.05, 3.63) is 24.8 Å². The lowest BCUT2D eigenvalue weighted by Crippen LogP contribution is -2.14. The van der Waals surface area contributed by atoms with Crippen LogP contribution in [0.1, 0.15) is 26.7 Å². The maximum Gasteiger partial charge on any atom is -0.00557 e. The molecule has 1 atom stereocenters. The molecule has 0 saturated carbocycles. The van der Waals surface area contributed by atoms with E-state index in [4.69, 9.17) is 0 Å². The van der Waals surface area contributed by atoms with Crippen LogP contribution in [-0.4, -0.2) is 0 Å². The van der Waals surface area contributed by atoms with E-state index >= 15 is 0 Å². The number of hydrogen-bond acceptors (Lipinski definition) is 0. The lowest BCUT2D eigenvalue weighted by atomic mass is 9.79. The molecule has 0 fully saturated rings. The topological polar surface area (TPSA) is 0 Å². The van der Waals surface area contributed by atoms with Gasteiger partial charge in [0.2, 0.25) is 0 Å². The molecule has 1 rings (SSSR count). The van der Waals surface area contributed by atoms with Gasteiger partial charge in [-0.1, -0.05) is 32.1 Å². The van der Waals surface area contributed by atoms with Gasteiger partial charge in [-0.2, -0.15) is 0 Å². The summed E-state index contributed by atoms with van der Waals surface area (Å²) in [5.74, 6) is 0.632. The molecule has 0 aromatic carbocycles. The van der Waals surface area contributed by atoms with Gasteiger partial charge in [-0.05, 0) is 24.2 Å². The summed E-state index contributed by atoms with van der Waals surface area (Å²) in [6.45, 7) is 8.34. The SMILES string of the molecule is C=CC1C=CC(C)(C)CC1. The van der Waals surface area contributed by atoms with Crippen LogP contribution in [-0.2, 0) is 0 Å². The Balaban J connectivity index is 2.60. The van der Waals surface area contributed by atoms with Crippen LogP contribution in [0.3, 0.4) is 0 Å². The Kier molecular flexibility index (Phi) is 1.98. The lowest BCUT2D eigenvalue weighted by Gasteiger charge is -2.26. The molecular formula is C10H16. The Labute approximate surface area is 63.6 Å². The van der Waals surface area contributed by atoms with Crippen molar-refractivity contribution in [2.45, 2.75) is 26.7 Å². The minimum Gasteiger partial charge on any atom is -0.102 e. The summed E-state index contributed by atoms with van der Waals surface area (Å²) >= 11 is 0. The first-order valence-corrected chi connectivity index (χ1v) is 3.96. The molecule has 0 aromatic rings. The lowest BCUT2D eigenvalue weighted by molar-refractivity contribution is 0.382. The summed E-state index contributed by atoms with van der Waals surface area (Å²) in [6, 6.07) is 0. The van der Waals surface area contributed by atoms with E-state index in [1.165, 1.54) is 12.8 Å². The Bertz CT molecular complexity index is 151. The van der Waals surface area contributed by atoms with Crippen LogP contribution in [0.5, 0.6) is 0 Å². The monoisotopic (exact) mass is 136 g/mol. The zero-order chi connectivity index (χ0) is 7.61. The van der Waals surface area contributed by atoms with Crippen molar-refractivity contribution in [3.8, 4) is 0 Å². The molecular weight excluding hydrogens is 120 g/mol. The van der Waals surface area contributed by atoms with E-state index < -0.39 is 0 Å². The number of hydrogen-bond donors (Lipinski definition) is 0. The van der Waals surface area contributed by atoms with E-state index in [0.717, 1.165) is 0 Å². The molecule has 0 radical (unpaired) electrons. The first-order valence-electron chi connectivity index (χ1n) is 3.96. The molecule has 0 saturated heterocycles. The van der Waals surface area contributed by atoms with E-state index in [2.05, 4.69) is 32.6 Å². The van der Waals surface area contributed by atoms with E-state index in [0.29, 0.717) is 11.3 Å². The van der Waals surface area contributed by atoms with E-state index in [1.54, 1.807) is 0 Å². The van der Waals surface area contributed by atoms with Crippen LogP contribution in [0, 0.1) is 11.3 Å². The minimum atomic E-state index is 0.430. The van der Waals surface area contributed by atoms with Crippen LogP contribution in [0.15, 0.2) is 24.8 Å². The van der Waals surface area contributed by atoms with Gasteiger partial charge >= 0.3 is 0 Å². The molecule has 10 heavy (non-hydrogen) atoms. The zero-order valence-corrected chi connectivity index (χ0v) is 6.93. The third kappa shape index (κ3) is 1.73. The predicted octanol–water partition coefficient (Wildman–Crippen LogP) is 3.16. The number of rotatable bonds is 1. The summed E-state index contributed by atoms with van der Waals surface area (Å²) < 4.78 is 0. The maximum absolute atomic E-state index is 3.78. The average molecular weight is 136 g/mol. The second kappa shape index (κ2) is 2.61. The molecule has 0 amide bonds. The van der Waals surface area contributed by atoms with Crippen molar-refractivity contribution >= 4 is 0 Å². The number of allylic oxidation sites excluding steroid dienone is 3. The molecule has 56 valence electrons. The fraction of sp³-hybridized carbons (Fsp3) is 0.600. The molecule has 0 N–H and O–H groups in total. The van der Waals surface area contributed by atoms with Gasteiger partial charge in [-0.25, -0.2) is 0 Å². The first kappa shape index (κ1) is 7.59. The second-order valence-electron chi connectivity index (χ2n) is 3.79. The van der Waals surface area contributed by atoms with Crippen molar-refractivity contribution in [1.82, 2.24) is 0 Å². The smallest absolute Gasteiger partial charge is 0.00557 e. The first-order chi connectivity index (χ1) is 4.64. The third-order valence-corrected chi connectivity index (χ3v) is 2.22. The summed E-state index contributed by atoms with van der Waals surface area (Å²) in [4.78, 5) is 0. The minimum absolute atomic E-state index is 0.430. The largest absolute Gasteiger partial charge is 0.102 e. The van der Waals surface area contributed by atoms with Gasteiger partial charge in [0.15, 0.2) is 0 Å². The molecule has 1 unspecified atom stereocenters. The molecule has 1 aliphatic carbocycles. The van der Waals surface area contributed by atoms with Gasteiger partial charge in [-0.3, -0.25) is 0 Å². The van der Waals surface area contributed by atoms with Gasteiger partial charge in [0.25, 0.3) is 0 Å². The van der Waals surface area contributed by atoms with Gasteiger partial charge in [0, 0.05) is 0 Å². The standard InChI is InChI=1S/C10H16/c1-4-9-5-7-10(2,3)8-6-9/h4-5,7,9H,1,6,8H2,2-3H3. The normalized spacial score (nSPS) is 30.0. The molecule has 0 spiro atoms. The van der Waals surface area contributed by atoms with Crippen LogP contribution >= 0.6 is 0 Å². The van der Waals surface area contributed by atoms with Crippen molar-refractivity contribution in [1.29, 1.82) is 0 Å². The summed E-state index contributed by atoms with van der Waals surface area (Å²) in [7, 11) is 0. The van der Waals surface area contributed by atoms with Gasteiger partial charge < -0.3 is 0 Å². The highest BCUT2D eigenvalue weighted by atomic mass is 14.2. The van der Waals surface area contributed by atoms with Crippen LogP contribution in [0.25, 0.3) is 0 Å². The Morgan fingerprint density at radius 2 is 2.30 bits per heavy atom. The van der Waals surface area contributed by atoms with Crippen LogP contribution < -0.4 is 0 Å². The van der Waals surface area contributed by atoms with Crippen LogP contribution in [0.4, 0.5) is 0 Å². The Morgan fingerprint density at radius 3 is 2.70 bits per heavy atom. The van der Waals surface area contributed by atoms with Crippen molar-refractivity contribution in [2.75, 3.05) is 0 Å². The summed E-state index contributed by atoms with van der Waals surface area (Å²) in [6.07, 6.45) is 9.18. The van der Waals surface area contributed by atoms with Crippen molar-refractivity contribution in [2.24, 2.45) is 11.3 Å². The molecule has 0 bridgehead atoms. The van der Waals surface area contributed by atoms with Gasteiger partial charge in [0.1, 0.15) is 0 Å². The molecule has 0 aromatic heterocycles. The van der Waals surface area contributed by atoms with Gasteiger partial charge in [-0.15, -0.1) is 6.58 Å². The highest BCUT2D eigenvalue weighted by Crippen LogP contribution is 2.32. The van der Waals surface area contributed by atoms with E-state index in [-0.39, 0.29) is 0 Å². The fourth-order valence-electron chi connectivity index (χ4n) is 1.30. The quantitative estimate of drug-likeness (QED) is 0.486. The molecule has 0 heteroatoms. The molecule has 0 nitrogen and oxygen atoms in total. The third-order valence-electron chi connectivity index (χ3n) is 2.22. The highest BCUT2D eigenvalue weighted by Gasteiger charge is 2.19. The van der Waals surface area contributed by atoms with Crippen LogP contribution in [0.2, 0.25) is 0 Å². The summed E-state index contributed by atoms with van der Waals surface area (Å²) in [5, 5.41) is 0. The van der Waals surface area contributed by atoms with E-state index in [1.807, 2.05) is 6.08 Å². The zero-order valence-electron chi connectivity index (χ0n) is 6.93. The molecule has 0 heterocycles. The highest BCUT2D eigenvalue weighted by molar-refractivity contribution is 5.07. The van der Waals surface area contributed by atoms with Crippen molar-refractivity contribution < 1.29 is 0 Å². The fourth-order valence-corrected chi connectivity index (χ4v) is 1.30. The second-order valence-corrected chi connectivity index (χ2v) is 3.79. The Morgan fingerprint density at radius 1 is 1.60 bits per heavy atom. The van der Waals surface area contributed by atoms with Crippen molar-refractivity contribution in [3.63, 3.8) is 0 Å². The predicted molar refractivity (Wildman–Crippen MR) is 45.8 cm³/mol. The summed E-state index contributed by atoms with van der Waals surface area (Å²) in [5.41, 5.74) is 0.430. The molecule has 0 aliphatic heterocycles. The molecule has 1 aliphatic rings. The van der Waals surface area contributed by atoms with E-state index in [9.17, 15) is 0 Å². The van der Waals surface area contributed by atoms with Gasteiger partial charge in [0.05, 0.1) is 0 Å². The Hall–Kier alpha value is -0.520.